The topological polar surface area (TPSA) is 119 Å². The molecular formula is C12H14N2O5. The molecule has 1 rings (SSSR count). The van der Waals surface area contributed by atoms with Gasteiger partial charge in [-0.05, 0) is 12.1 Å². The number of rotatable bonds is 6. The highest BCUT2D eigenvalue weighted by Gasteiger charge is 2.21. The van der Waals surface area contributed by atoms with Crippen molar-refractivity contribution in [2.45, 2.75) is 12.5 Å². The summed E-state index contributed by atoms with van der Waals surface area (Å²) in [5, 5.41) is 11.2. The number of hydrogen-bond acceptors (Lipinski definition) is 6. The summed E-state index contributed by atoms with van der Waals surface area (Å²) in [5.41, 5.74) is 5.94. The summed E-state index contributed by atoms with van der Waals surface area (Å²) < 4.78 is 4.41. The molecule has 7 nitrogen and oxygen atoms in total. The van der Waals surface area contributed by atoms with Crippen LogP contribution in [0.5, 0.6) is 0 Å². The smallest absolute Gasteiger partial charge is 0.333 e. The van der Waals surface area contributed by atoms with E-state index in [1.807, 2.05) is 6.07 Å². The molecule has 0 spiro atoms. The minimum Gasteiger partial charge on any atom is -0.481 e. The van der Waals surface area contributed by atoms with Crippen LogP contribution in [0.4, 0.5) is 5.69 Å². The Kier molecular flexibility index (Phi) is 5.49. The average molecular weight is 266 g/mol. The van der Waals surface area contributed by atoms with Crippen molar-refractivity contribution in [3.63, 3.8) is 0 Å². The van der Waals surface area contributed by atoms with E-state index in [4.69, 9.17) is 10.8 Å². The van der Waals surface area contributed by atoms with Gasteiger partial charge in [0.25, 0.3) is 0 Å². The van der Waals surface area contributed by atoms with Gasteiger partial charge in [-0.2, -0.15) is 0 Å². The molecule has 0 saturated heterocycles. The summed E-state index contributed by atoms with van der Waals surface area (Å²) in [4.78, 5) is 32.9. The molecule has 1 atom stereocenters. The number of carbonyl (C=O) groups excluding carboxylic acids is 2. The van der Waals surface area contributed by atoms with Crippen molar-refractivity contribution in [1.29, 1.82) is 0 Å². The van der Waals surface area contributed by atoms with Crippen molar-refractivity contribution in [1.82, 2.24) is 0 Å². The van der Waals surface area contributed by atoms with Crippen LogP contribution in [0, 0.1) is 0 Å². The minimum atomic E-state index is -1.35. The highest BCUT2D eigenvalue weighted by Crippen LogP contribution is 2.04. The molecule has 0 saturated carbocycles. The quantitative estimate of drug-likeness (QED) is 0.488. The lowest BCUT2D eigenvalue weighted by Gasteiger charge is -2.09. The number of carboxylic acid groups (broad SMARTS) is 1. The van der Waals surface area contributed by atoms with Crippen LogP contribution in [-0.2, 0) is 19.1 Å². The number of esters is 2. The van der Waals surface area contributed by atoms with Gasteiger partial charge in [0.1, 0.15) is 12.6 Å². The second kappa shape index (κ2) is 7.12. The van der Waals surface area contributed by atoms with E-state index in [0.717, 1.165) is 0 Å². The first-order valence-corrected chi connectivity index (χ1v) is 5.50. The lowest BCUT2D eigenvalue weighted by molar-refractivity contribution is -0.160. The third-order valence-electron chi connectivity index (χ3n) is 2.12. The molecule has 1 aromatic rings. The summed E-state index contributed by atoms with van der Waals surface area (Å²) in [7, 11) is 0. The van der Waals surface area contributed by atoms with E-state index in [-0.39, 0.29) is 6.54 Å². The van der Waals surface area contributed by atoms with Gasteiger partial charge in [0.15, 0.2) is 0 Å². The van der Waals surface area contributed by atoms with Crippen molar-refractivity contribution in [3.8, 4) is 0 Å². The zero-order chi connectivity index (χ0) is 14.3. The van der Waals surface area contributed by atoms with Crippen molar-refractivity contribution < 1.29 is 24.2 Å². The number of anilines is 1. The molecule has 19 heavy (non-hydrogen) atoms. The fourth-order valence-corrected chi connectivity index (χ4v) is 1.23. The van der Waals surface area contributed by atoms with E-state index in [1.165, 1.54) is 0 Å². The molecule has 102 valence electrons. The van der Waals surface area contributed by atoms with Gasteiger partial charge in [-0.25, -0.2) is 9.59 Å². The summed E-state index contributed by atoms with van der Waals surface area (Å²) in [5.74, 6) is -3.11. The van der Waals surface area contributed by atoms with Gasteiger partial charge in [-0.15, -0.1) is 0 Å². The molecule has 0 amide bonds. The second-order valence-corrected chi connectivity index (χ2v) is 3.72. The molecular weight excluding hydrogens is 252 g/mol. The van der Waals surface area contributed by atoms with Crippen molar-refractivity contribution in [3.05, 3.63) is 30.3 Å². The predicted molar refractivity (Wildman–Crippen MR) is 66.3 cm³/mol. The van der Waals surface area contributed by atoms with Crippen LogP contribution in [0.3, 0.4) is 0 Å². The predicted octanol–water partition coefficient (Wildman–Crippen LogP) is -0.0297. The van der Waals surface area contributed by atoms with Crippen molar-refractivity contribution >= 4 is 23.6 Å². The molecule has 0 unspecified atom stereocenters. The molecule has 4 N–H and O–H groups in total. The lowest BCUT2D eigenvalue weighted by atomic mass is 10.2. The van der Waals surface area contributed by atoms with E-state index >= 15 is 0 Å². The Morgan fingerprint density at radius 1 is 1.26 bits per heavy atom. The summed E-state index contributed by atoms with van der Waals surface area (Å²) in [6, 6.07) is 7.51. The fourth-order valence-electron chi connectivity index (χ4n) is 1.23. The van der Waals surface area contributed by atoms with Crippen LogP contribution in [0.2, 0.25) is 0 Å². The van der Waals surface area contributed by atoms with Gasteiger partial charge in [-0.1, -0.05) is 18.2 Å². The number of para-hydroxylation sites is 1. The minimum absolute atomic E-state index is 0.213. The molecule has 0 fully saturated rings. The monoisotopic (exact) mass is 266 g/mol. The maximum Gasteiger partial charge on any atom is 0.333 e. The molecule has 0 aromatic heterocycles. The normalized spacial score (nSPS) is 11.4. The Morgan fingerprint density at radius 2 is 1.89 bits per heavy atom. The maximum absolute atomic E-state index is 11.3. The number of carbonyl (C=O) groups is 3. The van der Waals surface area contributed by atoms with Crippen molar-refractivity contribution in [2.24, 2.45) is 5.73 Å². The standard InChI is InChI=1S/C12H14N2O5/c13-9(6-10(15)16)12(18)19-11(17)7-14-8-4-2-1-3-5-8/h1-5,9,14H,6-7,13H2,(H,15,16)/t9-/m0/s1. The second-order valence-electron chi connectivity index (χ2n) is 3.72. The Balaban J connectivity index is 2.35. The highest BCUT2D eigenvalue weighted by molar-refractivity contribution is 5.91. The number of hydrogen-bond donors (Lipinski definition) is 3. The first kappa shape index (κ1) is 14.7. The van der Waals surface area contributed by atoms with E-state index < -0.39 is 30.4 Å². The van der Waals surface area contributed by atoms with Crippen LogP contribution in [0.25, 0.3) is 0 Å². The Bertz CT molecular complexity index is 460. The van der Waals surface area contributed by atoms with Gasteiger partial charge in [0.2, 0.25) is 0 Å². The van der Waals surface area contributed by atoms with E-state index in [0.29, 0.717) is 5.69 Å². The van der Waals surface area contributed by atoms with Crippen LogP contribution in [-0.4, -0.2) is 35.6 Å². The summed E-state index contributed by atoms with van der Waals surface area (Å²) in [6.07, 6.45) is -0.585. The lowest BCUT2D eigenvalue weighted by Crippen LogP contribution is -2.36. The van der Waals surface area contributed by atoms with E-state index in [2.05, 4.69) is 10.1 Å². The molecule has 0 aliphatic rings. The average Bonchev–Trinajstić information content (AvgIpc) is 2.36. The number of aliphatic carboxylic acids is 1. The largest absolute Gasteiger partial charge is 0.481 e. The number of nitrogens with one attached hydrogen (secondary N) is 1. The molecule has 1 aromatic carbocycles. The van der Waals surface area contributed by atoms with Crippen LogP contribution < -0.4 is 11.1 Å². The Labute approximate surface area is 109 Å². The fraction of sp³-hybridized carbons (Fsp3) is 0.250. The first-order chi connectivity index (χ1) is 8.99. The number of ether oxygens (including phenoxy) is 1. The molecule has 0 radical (unpaired) electrons. The Hall–Kier alpha value is -2.41. The molecule has 7 heteroatoms. The summed E-state index contributed by atoms with van der Waals surface area (Å²) >= 11 is 0. The van der Waals surface area contributed by atoms with Gasteiger partial charge < -0.3 is 20.9 Å². The van der Waals surface area contributed by atoms with Gasteiger partial charge in [-0.3, -0.25) is 4.79 Å². The molecule has 0 aliphatic heterocycles. The van der Waals surface area contributed by atoms with Crippen molar-refractivity contribution in [2.75, 3.05) is 11.9 Å². The van der Waals surface area contributed by atoms with Gasteiger partial charge in [0.05, 0.1) is 6.42 Å². The zero-order valence-electron chi connectivity index (χ0n) is 10.0. The number of benzene rings is 1. The van der Waals surface area contributed by atoms with Crippen LogP contribution >= 0.6 is 0 Å². The van der Waals surface area contributed by atoms with E-state index in [9.17, 15) is 14.4 Å². The molecule has 0 bridgehead atoms. The first-order valence-electron chi connectivity index (χ1n) is 5.50. The Morgan fingerprint density at radius 3 is 2.47 bits per heavy atom. The molecule has 0 heterocycles. The van der Waals surface area contributed by atoms with E-state index in [1.54, 1.807) is 24.3 Å². The zero-order valence-corrected chi connectivity index (χ0v) is 10.0. The van der Waals surface area contributed by atoms with Crippen LogP contribution in [0.15, 0.2) is 30.3 Å². The maximum atomic E-state index is 11.3. The third kappa shape index (κ3) is 5.64. The van der Waals surface area contributed by atoms with Crippen LogP contribution in [0.1, 0.15) is 6.42 Å². The van der Waals surface area contributed by atoms with Gasteiger partial charge in [0, 0.05) is 5.69 Å². The number of carboxylic acids is 1. The summed E-state index contributed by atoms with van der Waals surface area (Å²) in [6.45, 7) is -0.213. The third-order valence-corrected chi connectivity index (χ3v) is 2.12. The molecule has 0 aliphatic carbocycles. The highest BCUT2D eigenvalue weighted by atomic mass is 16.6. The number of nitrogens with two attached hydrogens (primary N) is 1. The van der Waals surface area contributed by atoms with Gasteiger partial charge >= 0.3 is 17.9 Å². The SMILES string of the molecule is N[C@@H](CC(=O)O)C(=O)OC(=O)CNc1ccccc1.